The minimum absolute atomic E-state index is 0.523. The molecular formula is C13H10BrN3OS2. The smallest absolute Gasteiger partial charge is 0.277 e. The van der Waals surface area contributed by atoms with Gasteiger partial charge in [0.2, 0.25) is 5.89 Å². The normalized spacial score (nSPS) is 10.9. The molecule has 0 saturated heterocycles. The van der Waals surface area contributed by atoms with Crippen LogP contribution in [0.2, 0.25) is 0 Å². The molecule has 7 heteroatoms. The summed E-state index contributed by atoms with van der Waals surface area (Å²) < 4.78 is 6.61. The van der Waals surface area contributed by atoms with Crippen LogP contribution >= 0.6 is 39.0 Å². The zero-order valence-corrected chi connectivity index (χ0v) is 13.8. The van der Waals surface area contributed by atoms with Crippen molar-refractivity contribution in [3.63, 3.8) is 0 Å². The van der Waals surface area contributed by atoms with E-state index in [2.05, 4.69) is 31.1 Å². The number of aryl methyl sites for hydroxylation is 1. The quantitative estimate of drug-likeness (QED) is 0.632. The van der Waals surface area contributed by atoms with Gasteiger partial charge in [0.25, 0.3) is 5.22 Å². The van der Waals surface area contributed by atoms with E-state index in [0.717, 1.165) is 26.5 Å². The summed E-state index contributed by atoms with van der Waals surface area (Å²) in [7, 11) is 0. The molecule has 0 saturated carbocycles. The van der Waals surface area contributed by atoms with Crippen LogP contribution in [-0.2, 0) is 5.75 Å². The molecule has 0 aliphatic heterocycles. The van der Waals surface area contributed by atoms with Crippen molar-refractivity contribution < 1.29 is 4.42 Å². The Morgan fingerprint density at radius 2 is 2.15 bits per heavy atom. The summed E-state index contributed by atoms with van der Waals surface area (Å²) in [4.78, 5) is 4.41. The fourth-order valence-corrected chi connectivity index (χ4v) is 3.45. The molecule has 3 aromatic rings. The summed E-state index contributed by atoms with van der Waals surface area (Å²) in [5.41, 5.74) is 1.94. The summed E-state index contributed by atoms with van der Waals surface area (Å²) in [5.74, 6) is 1.26. The van der Waals surface area contributed by atoms with Crippen molar-refractivity contribution >= 4 is 39.0 Å². The van der Waals surface area contributed by atoms with Crippen molar-refractivity contribution in [1.29, 1.82) is 0 Å². The maximum absolute atomic E-state index is 5.67. The second kappa shape index (κ2) is 6.07. The summed E-state index contributed by atoms with van der Waals surface area (Å²) in [6, 6.07) is 7.78. The summed E-state index contributed by atoms with van der Waals surface area (Å²) in [6.07, 6.45) is 0. The number of thiazole rings is 1. The number of hydrogen-bond donors (Lipinski definition) is 0. The maximum Gasteiger partial charge on any atom is 0.277 e. The number of thioether (sulfide) groups is 1. The lowest BCUT2D eigenvalue weighted by atomic mass is 10.2. The Labute approximate surface area is 132 Å². The SMILES string of the molecule is Cc1nc(CSc2nnc(-c3ccccc3Br)o2)cs1. The molecule has 4 nitrogen and oxygen atoms in total. The van der Waals surface area contributed by atoms with Crippen LogP contribution in [0.4, 0.5) is 0 Å². The predicted molar refractivity (Wildman–Crippen MR) is 83.8 cm³/mol. The van der Waals surface area contributed by atoms with Crippen molar-refractivity contribution in [1.82, 2.24) is 15.2 Å². The minimum Gasteiger partial charge on any atom is -0.411 e. The van der Waals surface area contributed by atoms with Gasteiger partial charge < -0.3 is 4.42 Å². The van der Waals surface area contributed by atoms with E-state index in [0.29, 0.717) is 11.1 Å². The zero-order valence-electron chi connectivity index (χ0n) is 10.5. The van der Waals surface area contributed by atoms with Gasteiger partial charge in [-0.3, -0.25) is 0 Å². The number of nitrogens with zero attached hydrogens (tertiary/aromatic N) is 3. The molecule has 0 N–H and O–H groups in total. The third-order valence-corrected chi connectivity index (χ3v) is 4.89. The molecule has 1 aromatic carbocycles. The van der Waals surface area contributed by atoms with Crippen LogP contribution in [0, 0.1) is 6.92 Å². The Kier molecular flexibility index (Phi) is 4.18. The van der Waals surface area contributed by atoms with Gasteiger partial charge in [-0.25, -0.2) is 4.98 Å². The molecule has 2 aromatic heterocycles. The number of benzene rings is 1. The number of rotatable bonds is 4. The van der Waals surface area contributed by atoms with Crippen LogP contribution in [0.3, 0.4) is 0 Å². The Bertz CT molecular complexity index is 726. The summed E-state index contributed by atoms with van der Waals surface area (Å²) >= 11 is 6.62. The van der Waals surface area contributed by atoms with Crippen molar-refractivity contribution in [2.45, 2.75) is 17.9 Å². The average Bonchev–Trinajstić information content (AvgIpc) is 3.06. The van der Waals surface area contributed by atoms with Crippen LogP contribution in [0.1, 0.15) is 10.7 Å². The predicted octanol–water partition coefficient (Wildman–Crippen LogP) is 4.56. The molecule has 0 bridgehead atoms. The van der Waals surface area contributed by atoms with Gasteiger partial charge in [-0.15, -0.1) is 21.5 Å². The number of halogens is 1. The highest BCUT2D eigenvalue weighted by atomic mass is 79.9. The first-order valence-electron chi connectivity index (χ1n) is 5.84. The zero-order chi connectivity index (χ0) is 13.9. The number of hydrogen-bond acceptors (Lipinski definition) is 6. The molecule has 0 aliphatic carbocycles. The Balaban J connectivity index is 1.72. The molecule has 3 rings (SSSR count). The first-order chi connectivity index (χ1) is 9.72. The van der Waals surface area contributed by atoms with Crippen LogP contribution in [0.25, 0.3) is 11.5 Å². The Morgan fingerprint density at radius 1 is 1.30 bits per heavy atom. The topological polar surface area (TPSA) is 51.8 Å². The van der Waals surface area contributed by atoms with Crippen LogP contribution in [-0.4, -0.2) is 15.2 Å². The Morgan fingerprint density at radius 3 is 2.90 bits per heavy atom. The fourth-order valence-electron chi connectivity index (χ4n) is 1.62. The largest absolute Gasteiger partial charge is 0.411 e. The van der Waals surface area contributed by atoms with Crippen molar-refractivity contribution in [2.24, 2.45) is 0 Å². The molecular weight excluding hydrogens is 358 g/mol. The van der Waals surface area contributed by atoms with Gasteiger partial charge in [-0.2, -0.15) is 0 Å². The van der Waals surface area contributed by atoms with Gasteiger partial charge in [-0.1, -0.05) is 23.9 Å². The first kappa shape index (κ1) is 13.8. The second-order valence-corrected chi connectivity index (χ2v) is 6.84. The van der Waals surface area contributed by atoms with Gasteiger partial charge in [0, 0.05) is 15.6 Å². The molecule has 20 heavy (non-hydrogen) atoms. The van der Waals surface area contributed by atoms with Crippen LogP contribution < -0.4 is 0 Å². The fraction of sp³-hybridized carbons (Fsp3) is 0.154. The van der Waals surface area contributed by atoms with E-state index in [1.54, 1.807) is 11.3 Å². The van der Waals surface area contributed by atoms with Gasteiger partial charge in [0.15, 0.2) is 0 Å². The minimum atomic E-state index is 0.523. The van der Waals surface area contributed by atoms with E-state index in [4.69, 9.17) is 4.42 Å². The lowest BCUT2D eigenvalue weighted by molar-refractivity contribution is 0.465. The second-order valence-electron chi connectivity index (χ2n) is 4.00. The standard InChI is InChI=1S/C13H10BrN3OS2/c1-8-15-9(6-19-8)7-20-13-17-16-12(18-13)10-4-2-3-5-11(10)14/h2-6H,7H2,1H3. The first-order valence-corrected chi connectivity index (χ1v) is 8.50. The van der Waals surface area contributed by atoms with Gasteiger partial charge in [0.1, 0.15) is 0 Å². The molecule has 102 valence electrons. The lowest BCUT2D eigenvalue weighted by Gasteiger charge is -1.97. The molecule has 0 spiro atoms. The highest BCUT2D eigenvalue weighted by molar-refractivity contribution is 9.10. The van der Waals surface area contributed by atoms with E-state index >= 15 is 0 Å². The molecule has 0 amide bonds. The van der Waals surface area contributed by atoms with Crippen molar-refractivity contribution in [3.8, 4) is 11.5 Å². The third-order valence-electron chi connectivity index (χ3n) is 2.52. The molecule has 0 radical (unpaired) electrons. The molecule has 0 unspecified atom stereocenters. The number of aromatic nitrogens is 3. The van der Waals surface area contributed by atoms with Crippen LogP contribution in [0.15, 0.2) is 43.8 Å². The molecule has 2 heterocycles. The average molecular weight is 368 g/mol. The van der Waals surface area contributed by atoms with Gasteiger partial charge in [0.05, 0.1) is 16.3 Å². The Hall–Kier alpha value is -1.18. The summed E-state index contributed by atoms with van der Waals surface area (Å²) in [6.45, 7) is 2.00. The van der Waals surface area contributed by atoms with Crippen LogP contribution in [0.5, 0.6) is 0 Å². The van der Waals surface area contributed by atoms with E-state index < -0.39 is 0 Å². The lowest BCUT2D eigenvalue weighted by Crippen LogP contribution is -1.80. The van der Waals surface area contributed by atoms with Gasteiger partial charge >= 0.3 is 0 Å². The monoisotopic (exact) mass is 367 g/mol. The van der Waals surface area contributed by atoms with E-state index in [9.17, 15) is 0 Å². The third kappa shape index (κ3) is 3.11. The van der Waals surface area contributed by atoms with Crippen molar-refractivity contribution in [2.75, 3.05) is 0 Å². The molecule has 0 atom stereocenters. The molecule has 0 aliphatic rings. The molecule has 0 fully saturated rings. The summed E-state index contributed by atoms with van der Waals surface area (Å²) in [5, 5.41) is 11.8. The van der Waals surface area contributed by atoms with Gasteiger partial charge in [-0.05, 0) is 35.0 Å². The highest BCUT2D eigenvalue weighted by Gasteiger charge is 2.12. The van der Waals surface area contributed by atoms with Crippen molar-refractivity contribution in [3.05, 3.63) is 44.8 Å². The van der Waals surface area contributed by atoms with E-state index in [1.165, 1.54) is 11.8 Å². The van der Waals surface area contributed by atoms with E-state index in [-0.39, 0.29) is 0 Å². The maximum atomic E-state index is 5.67. The highest BCUT2D eigenvalue weighted by Crippen LogP contribution is 2.30. The van der Waals surface area contributed by atoms with E-state index in [1.807, 2.05) is 36.6 Å².